The number of carbonyl (C=O) groups is 3. The number of aliphatic imine (C=N–C) groups is 2. The maximum absolute atomic E-state index is 12.8. The van der Waals surface area contributed by atoms with Gasteiger partial charge in [-0.25, -0.2) is 19.6 Å². The van der Waals surface area contributed by atoms with E-state index in [-0.39, 0.29) is 31.2 Å². The van der Waals surface area contributed by atoms with Gasteiger partial charge in [-0.3, -0.25) is 4.79 Å². The minimum atomic E-state index is -0.759. The van der Waals surface area contributed by atoms with Gasteiger partial charge in [-0.15, -0.1) is 0 Å². The van der Waals surface area contributed by atoms with E-state index in [4.69, 9.17) is 37.4 Å². The molecule has 0 radical (unpaired) electrons. The Morgan fingerprint density at radius 1 is 1.00 bits per heavy atom. The van der Waals surface area contributed by atoms with Crippen molar-refractivity contribution in [2.75, 3.05) is 6.61 Å². The number of carbonyl (C=O) groups excluding carboxylic acids is 3. The highest BCUT2D eigenvalue weighted by Crippen LogP contribution is 2.32. The first kappa shape index (κ1) is 25.8. The Morgan fingerprint density at radius 2 is 1.66 bits per heavy atom. The quantitative estimate of drug-likeness (QED) is 0.399. The zero-order valence-electron chi connectivity index (χ0n) is 19.7. The molecule has 38 heavy (non-hydrogen) atoms. The van der Waals surface area contributed by atoms with Gasteiger partial charge in [0.15, 0.2) is 5.84 Å². The lowest BCUT2D eigenvalue weighted by Crippen LogP contribution is -2.32. The SMILES string of the molecule is O=C1CC=NC(c2cn([C@H]3C[C@@H](OC(=O)c4ccc(Cl)cc4)C(COC(=O)c4ccc(Cl)cc4)O3)cn2)=N1. The lowest BCUT2D eigenvalue weighted by molar-refractivity contribution is -0.116. The van der Waals surface area contributed by atoms with Crippen LogP contribution in [0.5, 0.6) is 0 Å². The third-order valence-electron chi connectivity index (χ3n) is 5.85. The molecule has 0 spiro atoms. The summed E-state index contributed by atoms with van der Waals surface area (Å²) in [6, 6.07) is 12.6. The second kappa shape index (κ2) is 11.3. The smallest absolute Gasteiger partial charge is 0.338 e. The average molecular weight is 555 g/mol. The van der Waals surface area contributed by atoms with Crippen LogP contribution in [0.1, 0.15) is 45.5 Å². The Labute approximate surface area is 226 Å². The zero-order valence-corrected chi connectivity index (χ0v) is 21.2. The van der Waals surface area contributed by atoms with Gasteiger partial charge in [-0.05, 0) is 48.5 Å². The molecule has 1 saturated heterocycles. The summed E-state index contributed by atoms with van der Waals surface area (Å²) in [4.78, 5) is 49.3. The molecule has 3 aromatic rings. The van der Waals surface area contributed by atoms with E-state index in [0.717, 1.165) is 0 Å². The fourth-order valence-corrected chi connectivity index (χ4v) is 4.16. The van der Waals surface area contributed by atoms with Crippen molar-refractivity contribution in [3.63, 3.8) is 0 Å². The molecule has 10 nitrogen and oxygen atoms in total. The summed E-state index contributed by atoms with van der Waals surface area (Å²) in [5.74, 6) is -1.24. The first-order chi connectivity index (χ1) is 18.4. The maximum Gasteiger partial charge on any atom is 0.338 e. The van der Waals surface area contributed by atoms with Gasteiger partial charge in [-0.2, -0.15) is 4.99 Å². The van der Waals surface area contributed by atoms with Crippen molar-refractivity contribution in [1.29, 1.82) is 0 Å². The largest absolute Gasteiger partial charge is 0.459 e. The van der Waals surface area contributed by atoms with Crippen LogP contribution in [0.4, 0.5) is 0 Å². The Bertz CT molecular complexity index is 1420. The number of amides is 1. The number of imidazole rings is 1. The van der Waals surface area contributed by atoms with Crippen molar-refractivity contribution in [1.82, 2.24) is 9.55 Å². The molecule has 1 unspecified atom stereocenters. The summed E-state index contributed by atoms with van der Waals surface area (Å²) in [5, 5.41) is 0.981. The van der Waals surface area contributed by atoms with Gasteiger partial charge in [0.25, 0.3) is 5.91 Å². The summed E-state index contributed by atoms with van der Waals surface area (Å²) >= 11 is 11.8. The van der Waals surface area contributed by atoms with Gasteiger partial charge in [0.1, 0.15) is 30.7 Å². The molecule has 12 heteroatoms. The number of nitrogens with zero attached hydrogens (tertiary/aromatic N) is 4. The highest BCUT2D eigenvalue weighted by Gasteiger charge is 2.40. The summed E-state index contributed by atoms with van der Waals surface area (Å²) in [7, 11) is 0. The van der Waals surface area contributed by atoms with Gasteiger partial charge < -0.3 is 18.8 Å². The van der Waals surface area contributed by atoms with Crippen LogP contribution < -0.4 is 0 Å². The van der Waals surface area contributed by atoms with E-state index >= 15 is 0 Å². The molecule has 0 N–H and O–H groups in total. The molecule has 2 aliphatic heterocycles. The molecule has 194 valence electrons. The number of amidine groups is 1. The molecule has 2 aromatic carbocycles. The fourth-order valence-electron chi connectivity index (χ4n) is 3.91. The van der Waals surface area contributed by atoms with Crippen molar-refractivity contribution in [3.05, 3.63) is 87.9 Å². The minimum Gasteiger partial charge on any atom is -0.459 e. The molecule has 0 bridgehead atoms. The van der Waals surface area contributed by atoms with Crippen LogP contribution in [0.2, 0.25) is 10.0 Å². The van der Waals surface area contributed by atoms with E-state index in [9.17, 15) is 14.4 Å². The number of rotatable bonds is 7. The Kier molecular flexibility index (Phi) is 7.64. The number of halogens is 2. The van der Waals surface area contributed by atoms with Crippen molar-refractivity contribution in [3.8, 4) is 0 Å². The summed E-state index contributed by atoms with van der Waals surface area (Å²) in [6.07, 6.45) is 2.94. The number of hydrogen-bond acceptors (Lipinski definition) is 8. The lowest BCUT2D eigenvalue weighted by Gasteiger charge is -2.19. The summed E-state index contributed by atoms with van der Waals surface area (Å²) in [6.45, 7) is -0.163. The predicted molar refractivity (Wildman–Crippen MR) is 138 cm³/mol. The first-order valence-electron chi connectivity index (χ1n) is 11.6. The lowest BCUT2D eigenvalue weighted by atomic mass is 10.1. The van der Waals surface area contributed by atoms with Crippen molar-refractivity contribution in [2.24, 2.45) is 9.98 Å². The molecule has 3 heterocycles. The molecule has 1 aromatic heterocycles. The highest BCUT2D eigenvalue weighted by atomic mass is 35.5. The number of benzene rings is 2. The second-order valence-electron chi connectivity index (χ2n) is 8.47. The van der Waals surface area contributed by atoms with E-state index in [2.05, 4.69) is 15.0 Å². The summed E-state index contributed by atoms with van der Waals surface area (Å²) in [5.41, 5.74) is 1.03. The molecule has 5 rings (SSSR count). The molecule has 1 fully saturated rings. The normalized spacial score (nSPS) is 20.7. The molecule has 0 aliphatic carbocycles. The Balaban J connectivity index is 1.31. The standard InChI is InChI=1S/C26H20Cl2N4O6/c27-17-5-1-15(2-6-17)25(34)36-13-21-20(38-26(35)16-3-7-18(28)8-4-16)11-23(37-21)32-12-19(30-14-32)24-29-10-9-22(33)31-24/h1-8,10,12,14,20-21,23H,9,11,13H2/t20-,21?,23-/m1/s1. The van der Waals surface area contributed by atoms with Crippen molar-refractivity contribution >= 4 is 53.1 Å². The van der Waals surface area contributed by atoms with Crippen LogP contribution in [0.15, 0.2) is 71.0 Å². The average Bonchev–Trinajstić information content (AvgIpc) is 3.56. The van der Waals surface area contributed by atoms with E-state index in [1.165, 1.54) is 12.5 Å². The van der Waals surface area contributed by atoms with Gasteiger partial charge in [-0.1, -0.05) is 23.2 Å². The van der Waals surface area contributed by atoms with Crippen molar-refractivity contribution in [2.45, 2.75) is 31.3 Å². The number of ether oxygens (including phenoxy) is 3. The van der Waals surface area contributed by atoms with Crippen LogP contribution in [0.25, 0.3) is 0 Å². The third kappa shape index (κ3) is 5.99. The molecule has 0 saturated carbocycles. The number of esters is 2. The second-order valence-corrected chi connectivity index (χ2v) is 9.34. The Hall–Kier alpha value is -3.86. The van der Waals surface area contributed by atoms with E-state index in [1.54, 1.807) is 59.3 Å². The van der Waals surface area contributed by atoms with E-state index in [1.807, 2.05) is 0 Å². The maximum atomic E-state index is 12.8. The van der Waals surface area contributed by atoms with Gasteiger partial charge in [0.2, 0.25) is 0 Å². The van der Waals surface area contributed by atoms with Crippen LogP contribution >= 0.6 is 23.2 Å². The third-order valence-corrected chi connectivity index (χ3v) is 6.35. The van der Waals surface area contributed by atoms with Gasteiger partial charge >= 0.3 is 11.9 Å². The van der Waals surface area contributed by atoms with Crippen LogP contribution in [-0.4, -0.2) is 58.3 Å². The molecule has 1 amide bonds. The fraction of sp³-hybridized carbons (Fsp3) is 0.231. The minimum absolute atomic E-state index is 0.146. The highest BCUT2D eigenvalue weighted by molar-refractivity contribution is 6.31. The Morgan fingerprint density at radius 3 is 2.32 bits per heavy atom. The van der Waals surface area contributed by atoms with E-state index < -0.39 is 30.4 Å². The van der Waals surface area contributed by atoms with E-state index in [0.29, 0.717) is 26.9 Å². The van der Waals surface area contributed by atoms with Crippen molar-refractivity contribution < 1.29 is 28.6 Å². The topological polar surface area (TPSA) is 121 Å². The van der Waals surface area contributed by atoms with Crippen LogP contribution in [0, 0.1) is 0 Å². The van der Waals surface area contributed by atoms with Crippen LogP contribution in [-0.2, 0) is 19.0 Å². The van der Waals surface area contributed by atoms with Gasteiger partial charge in [0.05, 0.1) is 23.9 Å². The molecular formula is C26H20Cl2N4O6. The summed E-state index contributed by atoms with van der Waals surface area (Å²) < 4.78 is 19.0. The molecular weight excluding hydrogens is 535 g/mol. The molecule has 3 atom stereocenters. The predicted octanol–water partition coefficient (Wildman–Crippen LogP) is 4.31. The number of hydrogen-bond donors (Lipinski definition) is 0. The monoisotopic (exact) mass is 554 g/mol. The zero-order chi connectivity index (χ0) is 26.6. The van der Waals surface area contributed by atoms with Crippen LogP contribution in [0.3, 0.4) is 0 Å². The molecule has 2 aliphatic rings. The number of aromatic nitrogens is 2. The van der Waals surface area contributed by atoms with Gasteiger partial charge in [0, 0.05) is 28.9 Å². The first-order valence-corrected chi connectivity index (χ1v) is 12.3.